The third-order valence-electron chi connectivity index (χ3n) is 4.12. The minimum atomic E-state index is 0.227. The molecule has 0 spiro atoms. The summed E-state index contributed by atoms with van der Waals surface area (Å²) in [4.78, 5) is 0. The molecule has 1 saturated carbocycles. The van der Waals surface area contributed by atoms with Gasteiger partial charge in [0.1, 0.15) is 4.60 Å². The summed E-state index contributed by atoms with van der Waals surface area (Å²) in [6.07, 6.45) is 3.73. The Morgan fingerprint density at radius 3 is 2.82 bits per heavy atom. The summed E-state index contributed by atoms with van der Waals surface area (Å²) in [5, 5.41) is 5.55. The summed E-state index contributed by atoms with van der Waals surface area (Å²) < 4.78 is 2.84. The Labute approximate surface area is 109 Å². The van der Waals surface area contributed by atoms with Crippen LogP contribution in [0.25, 0.3) is 10.9 Å². The van der Waals surface area contributed by atoms with E-state index in [2.05, 4.69) is 39.2 Å². The molecule has 0 unspecified atom stereocenters. The van der Waals surface area contributed by atoms with Crippen molar-refractivity contribution in [2.24, 2.45) is 12.8 Å². The van der Waals surface area contributed by atoms with Crippen LogP contribution in [-0.2, 0) is 12.5 Å². The average Bonchev–Trinajstić information content (AvgIpc) is 2.54. The topological polar surface area (TPSA) is 43.8 Å². The molecule has 90 valence electrons. The summed E-state index contributed by atoms with van der Waals surface area (Å²) >= 11 is 3.48. The Bertz CT molecular complexity index is 564. The van der Waals surface area contributed by atoms with E-state index in [1.807, 2.05) is 11.7 Å². The molecule has 0 saturated heterocycles. The number of hydrogen-bond acceptors (Lipinski definition) is 2. The van der Waals surface area contributed by atoms with Crippen molar-refractivity contribution in [3.8, 4) is 0 Å². The van der Waals surface area contributed by atoms with Crippen LogP contribution >= 0.6 is 15.9 Å². The van der Waals surface area contributed by atoms with Gasteiger partial charge in [-0.15, -0.1) is 0 Å². The third kappa shape index (κ3) is 1.54. The molecule has 1 aliphatic rings. The van der Waals surface area contributed by atoms with Crippen LogP contribution in [0.3, 0.4) is 0 Å². The summed E-state index contributed by atoms with van der Waals surface area (Å²) in [5.74, 6) is 0. The maximum Gasteiger partial charge on any atom is 0.135 e. The highest BCUT2D eigenvalue weighted by Gasteiger charge is 2.37. The molecule has 1 fully saturated rings. The van der Waals surface area contributed by atoms with Gasteiger partial charge in [-0.1, -0.05) is 12.5 Å². The molecular weight excluding hydrogens is 278 g/mol. The molecule has 0 amide bonds. The van der Waals surface area contributed by atoms with Gasteiger partial charge in [-0.3, -0.25) is 4.68 Å². The molecule has 0 radical (unpaired) electrons. The quantitative estimate of drug-likeness (QED) is 0.925. The molecule has 1 heterocycles. The largest absolute Gasteiger partial charge is 0.330 e. The van der Waals surface area contributed by atoms with Crippen LogP contribution in [0.1, 0.15) is 24.8 Å². The maximum atomic E-state index is 5.96. The number of aryl methyl sites for hydroxylation is 1. The first-order chi connectivity index (χ1) is 8.16. The lowest BCUT2D eigenvalue weighted by molar-refractivity contribution is 0.253. The highest BCUT2D eigenvalue weighted by Crippen LogP contribution is 2.43. The molecule has 17 heavy (non-hydrogen) atoms. The lowest BCUT2D eigenvalue weighted by Gasteiger charge is -2.41. The number of benzene rings is 1. The molecule has 0 aliphatic heterocycles. The molecule has 2 aromatic rings. The number of rotatable bonds is 2. The second-order valence-electron chi connectivity index (χ2n) is 4.98. The number of fused-ring (bicyclic) bond motifs is 1. The Morgan fingerprint density at radius 2 is 2.24 bits per heavy atom. The minimum absolute atomic E-state index is 0.227. The Hall–Kier alpha value is -0.870. The van der Waals surface area contributed by atoms with E-state index in [-0.39, 0.29) is 5.41 Å². The molecule has 3 nitrogen and oxygen atoms in total. The van der Waals surface area contributed by atoms with Gasteiger partial charge in [0.05, 0.1) is 5.52 Å². The van der Waals surface area contributed by atoms with E-state index in [1.165, 1.54) is 35.7 Å². The second-order valence-corrected chi connectivity index (χ2v) is 5.74. The lowest BCUT2D eigenvalue weighted by atomic mass is 9.64. The Kier molecular flexibility index (Phi) is 2.52. The van der Waals surface area contributed by atoms with Crippen LogP contribution in [0.5, 0.6) is 0 Å². The van der Waals surface area contributed by atoms with E-state index in [9.17, 15) is 0 Å². The molecule has 0 bridgehead atoms. The van der Waals surface area contributed by atoms with Crippen LogP contribution in [0.2, 0.25) is 0 Å². The van der Waals surface area contributed by atoms with Crippen LogP contribution < -0.4 is 5.73 Å². The molecular formula is C13H16BrN3. The van der Waals surface area contributed by atoms with Crippen molar-refractivity contribution in [3.63, 3.8) is 0 Å². The first-order valence-corrected chi connectivity index (χ1v) is 6.78. The molecule has 0 atom stereocenters. The Balaban J connectivity index is 2.16. The minimum Gasteiger partial charge on any atom is -0.330 e. The van der Waals surface area contributed by atoms with E-state index in [0.717, 1.165) is 11.1 Å². The molecule has 1 aromatic heterocycles. The fourth-order valence-electron chi connectivity index (χ4n) is 2.76. The van der Waals surface area contributed by atoms with Crippen LogP contribution in [0.4, 0.5) is 0 Å². The molecule has 2 N–H and O–H groups in total. The first kappa shape index (κ1) is 11.2. The normalized spacial score (nSPS) is 18.3. The highest BCUT2D eigenvalue weighted by molar-refractivity contribution is 9.10. The van der Waals surface area contributed by atoms with Crippen LogP contribution in [0, 0.1) is 0 Å². The molecule has 1 aromatic carbocycles. The maximum absolute atomic E-state index is 5.96. The number of nitrogens with zero attached hydrogens (tertiary/aromatic N) is 2. The van der Waals surface area contributed by atoms with Crippen molar-refractivity contribution in [2.75, 3.05) is 6.54 Å². The van der Waals surface area contributed by atoms with E-state index in [0.29, 0.717) is 0 Å². The van der Waals surface area contributed by atoms with E-state index in [1.54, 1.807) is 0 Å². The van der Waals surface area contributed by atoms with E-state index < -0.39 is 0 Å². The summed E-state index contributed by atoms with van der Waals surface area (Å²) in [7, 11) is 1.98. The molecule has 3 rings (SSSR count). The van der Waals surface area contributed by atoms with Crippen molar-refractivity contribution in [3.05, 3.63) is 28.4 Å². The van der Waals surface area contributed by atoms with Crippen molar-refractivity contribution >= 4 is 26.8 Å². The lowest BCUT2D eigenvalue weighted by Crippen LogP contribution is -2.41. The monoisotopic (exact) mass is 293 g/mol. The van der Waals surface area contributed by atoms with E-state index in [4.69, 9.17) is 5.73 Å². The zero-order valence-electron chi connectivity index (χ0n) is 9.91. The number of hydrogen-bond donors (Lipinski definition) is 1. The number of aromatic nitrogens is 2. The fraction of sp³-hybridized carbons (Fsp3) is 0.462. The predicted octanol–water partition coefficient (Wildman–Crippen LogP) is 2.72. The number of nitrogens with two attached hydrogens (primary N) is 1. The van der Waals surface area contributed by atoms with Gasteiger partial charge in [-0.05, 0) is 46.5 Å². The second kappa shape index (κ2) is 3.82. The SMILES string of the molecule is Cn1nc(Br)c2ccc(C3(CN)CCC3)cc21. The smallest absolute Gasteiger partial charge is 0.135 e. The fourth-order valence-corrected chi connectivity index (χ4v) is 3.33. The highest BCUT2D eigenvalue weighted by atomic mass is 79.9. The van der Waals surface area contributed by atoms with Gasteiger partial charge in [0.2, 0.25) is 0 Å². The van der Waals surface area contributed by atoms with Gasteiger partial charge in [0, 0.05) is 24.4 Å². The zero-order chi connectivity index (χ0) is 12.0. The first-order valence-electron chi connectivity index (χ1n) is 5.99. The molecule has 1 aliphatic carbocycles. The number of halogens is 1. The van der Waals surface area contributed by atoms with Gasteiger partial charge in [0.15, 0.2) is 0 Å². The van der Waals surface area contributed by atoms with Crippen molar-refractivity contribution in [2.45, 2.75) is 24.7 Å². The van der Waals surface area contributed by atoms with Gasteiger partial charge in [0.25, 0.3) is 0 Å². The van der Waals surface area contributed by atoms with E-state index >= 15 is 0 Å². The zero-order valence-corrected chi connectivity index (χ0v) is 11.5. The van der Waals surface area contributed by atoms with Crippen molar-refractivity contribution < 1.29 is 0 Å². The van der Waals surface area contributed by atoms with Crippen molar-refractivity contribution in [1.29, 1.82) is 0 Å². The summed E-state index contributed by atoms with van der Waals surface area (Å²) in [6.45, 7) is 0.748. The van der Waals surface area contributed by atoms with Gasteiger partial charge < -0.3 is 5.73 Å². The van der Waals surface area contributed by atoms with Crippen LogP contribution in [-0.4, -0.2) is 16.3 Å². The standard InChI is InChI=1S/C13H16BrN3/c1-17-11-7-9(13(8-15)5-2-6-13)3-4-10(11)12(14)16-17/h3-4,7H,2,5-6,8,15H2,1H3. The Morgan fingerprint density at radius 1 is 1.47 bits per heavy atom. The molecule has 4 heteroatoms. The van der Waals surface area contributed by atoms with Gasteiger partial charge >= 0.3 is 0 Å². The average molecular weight is 294 g/mol. The van der Waals surface area contributed by atoms with Gasteiger partial charge in [-0.25, -0.2) is 0 Å². The summed E-state index contributed by atoms with van der Waals surface area (Å²) in [5.41, 5.74) is 8.73. The van der Waals surface area contributed by atoms with Gasteiger partial charge in [-0.2, -0.15) is 5.10 Å². The summed E-state index contributed by atoms with van der Waals surface area (Å²) in [6, 6.07) is 6.61. The third-order valence-corrected chi connectivity index (χ3v) is 4.71. The van der Waals surface area contributed by atoms with Crippen LogP contribution in [0.15, 0.2) is 22.8 Å². The predicted molar refractivity (Wildman–Crippen MR) is 73.0 cm³/mol. The van der Waals surface area contributed by atoms with Crippen molar-refractivity contribution in [1.82, 2.24) is 9.78 Å².